The Bertz CT molecular complexity index is 471. The van der Waals surface area contributed by atoms with E-state index in [1.54, 1.807) is 7.11 Å². The number of hydrogen-bond donors (Lipinski definition) is 2. The van der Waals surface area contributed by atoms with Crippen LogP contribution in [-0.2, 0) is 4.74 Å². The Labute approximate surface area is 139 Å². The van der Waals surface area contributed by atoms with E-state index in [1.165, 1.54) is 5.69 Å². The Balaban J connectivity index is 1.73. The van der Waals surface area contributed by atoms with Gasteiger partial charge in [-0.2, -0.15) is 0 Å². The fraction of sp³-hybridized carbons (Fsp3) is 0.588. The summed E-state index contributed by atoms with van der Waals surface area (Å²) in [6, 6.07) is 11.0. The van der Waals surface area contributed by atoms with Crippen LogP contribution in [0.25, 0.3) is 0 Å². The molecule has 23 heavy (non-hydrogen) atoms. The number of nitrogens with zero attached hydrogens (tertiary/aromatic N) is 3. The van der Waals surface area contributed by atoms with Crippen LogP contribution in [0.15, 0.2) is 35.3 Å². The summed E-state index contributed by atoms with van der Waals surface area (Å²) in [5.41, 5.74) is 7.16. The van der Waals surface area contributed by atoms with Crippen molar-refractivity contribution in [1.82, 2.24) is 10.2 Å². The molecule has 1 heterocycles. The first-order valence-electron chi connectivity index (χ1n) is 8.27. The molecule has 2 rings (SSSR count). The van der Waals surface area contributed by atoms with Gasteiger partial charge in [0.2, 0.25) is 0 Å². The van der Waals surface area contributed by atoms with Gasteiger partial charge < -0.3 is 20.7 Å². The van der Waals surface area contributed by atoms with Crippen LogP contribution in [0.1, 0.15) is 6.92 Å². The van der Waals surface area contributed by atoms with E-state index >= 15 is 0 Å². The maximum absolute atomic E-state index is 5.85. The second kappa shape index (κ2) is 9.37. The molecule has 6 heteroatoms. The van der Waals surface area contributed by atoms with Crippen molar-refractivity contribution in [2.75, 3.05) is 57.9 Å². The van der Waals surface area contributed by atoms with Gasteiger partial charge in [-0.3, -0.25) is 9.89 Å². The number of aliphatic imine (C=N–C) groups is 1. The number of ether oxygens (including phenoxy) is 1. The third-order valence-corrected chi connectivity index (χ3v) is 4.20. The number of hydrogen-bond acceptors (Lipinski definition) is 4. The minimum atomic E-state index is 0.399. The number of rotatable bonds is 7. The van der Waals surface area contributed by atoms with Crippen molar-refractivity contribution < 1.29 is 4.74 Å². The molecule has 1 aromatic rings. The van der Waals surface area contributed by atoms with Gasteiger partial charge in [-0.25, -0.2) is 0 Å². The van der Waals surface area contributed by atoms with E-state index in [0.29, 0.717) is 25.2 Å². The molecular weight excluding hydrogens is 290 g/mol. The van der Waals surface area contributed by atoms with Crippen LogP contribution in [0.3, 0.4) is 0 Å². The second-order valence-corrected chi connectivity index (χ2v) is 5.85. The molecule has 1 fully saturated rings. The van der Waals surface area contributed by atoms with Crippen LogP contribution in [0.5, 0.6) is 0 Å². The van der Waals surface area contributed by atoms with Crippen LogP contribution in [0, 0.1) is 0 Å². The Morgan fingerprint density at radius 2 is 1.96 bits per heavy atom. The van der Waals surface area contributed by atoms with E-state index in [1.807, 2.05) is 0 Å². The van der Waals surface area contributed by atoms with Gasteiger partial charge in [0.1, 0.15) is 0 Å². The number of guanidine groups is 1. The summed E-state index contributed by atoms with van der Waals surface area (Å²) < 4.78 is 4.97. The highest BCUT2D eigenvalue weighted by Gasteiger charge is 2.20. The highest BCUT2D eigenvalue weighted by atomic mass is 16.5. The maximum atomic E-state index is 5.85. The van der Waals surface area contributed by atoms with E-state index in [0.717, 1.165) is 32.7 Å². The molecule has 1 aliphatic heterocycles. The highest BCUT2D eigenvalue weighted by molar-refractivity contribution is 5.77. The van der Waals surface area contributed by atoms with E-state index in [-0.39, 0.29) is 0 Å². The molecule has 0 aromatic heterocycles. The van der Waals surface area contributed by atoms with Crippen LogP contribution in [-0.4, -0.2) is 69.9 Å². The average Bonchev–Trinajstić information content (AvgIpc) is 2.61. The van der Waals surface area contributed by atoms with Crippen LogP contribution in [0.2, 0.25) is 0 Å². The zero-order valence-electron chi connectivity index (χ0n) is 14.2. The molecule has 0 saturated carbocycles. The molecule has 0 spiro atoms. The third-order valence-electron chi connectivity index (χ3n) is 4.20. The van der Waals surface area contributed by atoms with Gasteiger partial charge in [-0.1, -0.05) is 18.2 Å². The summed E-state index contributed by atoms with van der Waals surface area (Å²) in [7, 11) is 1.67. The first-order chi connectivity index (χ1) is 11.2. The standard InChI is InChI=1S/C17H29N5O/c1-15(14-20-17(18)19-8-13-23-2)21-9-11-22(12-10-21)16-6-4-3-5-7-16/h3-7,15H,8-14H2,1-2H3,(H3,18,19,20). The van der Waals surface area contributed by atoms with Crippen molar-refractivity contribution in [3.8, 4) is 0 Å². The third kappa shape index (κ3) is 5.73. The van der Waals surface area contributed by atoms with E-state index in [9.17, 15) is 0 Å². The van der Waals surface area contributed by atoms with Crippen LogP contribution >= 0.6 is 0 Å². The summed E-state index contributed by atoms with van der Waals surface area (Å²) >= 11 is 0. The fourth-order valence-corrected chi connectivity index (χ4v) is 2.74. The van der Waals surface area contributed by atoms with E-state index in [2.05, 4.69) is 57.4 Å². The highest BCUT2D eigenvalue weighted by Crippen LogP contribution is 2.16. The van der Waals surface area contributed by atoms with Gasteiger partial charge in [0.05, 0.1) is 13.2 Å². The Morgan fingerprint density at radius 3 is 2.61 bits per heavy atom. The van der Waals surface area contributed by atoms with Gasteiger partial charge in [0, 0.05) is 51.6 Å². The lowest BCUT2D eigenvalue weighted by Crippen LogP contribution is -2.50. The summed E-state index contributed by atoms with van der Waals surface area (Å²) in [5, 5.41) is 3.05. The van der Waals surface area contributed by atoms with E-state index in [4.69, 9.17) is 10.5 Å². The van der Waals surface area contributed by atoms with Gasteiger partial charge in [0.15, 0.2) is 5.96 Å². The molecule has 128 valence electrons. The lowest BCUT2D eigenvalue weighted by molar-refractivity contribution is 0.200. The van der Waals surface area contributed by atoms with Crippen molar-refractivity contribution >= 4 is 11.6 Å². The molecule has 1 unspecified atom stereocenters. The molecule has 1 saturated heterocycles. The Hall–Kier alpha value is -1.79. The fourth-order valence-electron chi connectivity index (χ4n) is 2.74. The van der Waals surface area contributed by atoms with Gasteiger partial charge in [-0.15, -0.1) is 0 Å². The minimum Gasteiger partial charge on any atom is -0.383 e. The molecular formula is C17H29N5O. The van der Waals surface area contributed by atoms with Crippen molar-refractivity contribution in [1.29, 1.82) is 0 Å². The molecule has 6 nitrogen and oxygen atoms in total. The Morgan fingerprint density at radius 1 is 1.26 bits per heavy atom. The maximum Gasteiger partial charge on any atom is 0.188 e. The SMILES string of the molecule is COCCNC(N)=NCC(C)N1CCN(c2ccccc2)CC1. The van der Waals surface area contributed by atoms with Crippen LogP contribution < -0.4 is 16.0 Å². The first-order valence-corrected chi connectivity index (χ1v) is 8.27. The Kier molecular flexibility index (Phi) is 7.16. The van der Waals surface area contributed by atoms with Crippen molar-refractivity contribution in [2.24, 2.45) is 10.7 Å². The van der Waals surface area contributed by atoms with Crippen molar-refractivity contribution in [3.05, 3.63) is 30.3 Å². The molecule has 0 bridgehead atoms. The topological polar surface area (TPSA) is 66.1 Å². The lowest BCUT2D eigenvalue weighted by atomic mass is 10.2. The number of anilines is 1. The first kappa shape index (κ1) is 17.6. The van der Waals surface area contributed by atoms with Gasteiger partial charge in [0.25, 0.3) is 0 Å². The molecule has 0 amide bonds. The minimum absolute atomic E-state index is 0.399. The molecule has 1 atom stereocenters. The van der Waals surface area contributed by atoms with Crippen molar-refractivity contribution in [2.45, 2.75) is 13.0 Å². The van der Waals surface area contributed by atoms with Gasteiger partial charge in [-0.05, 0) is 19.1 Å². The number of nitrogens with one attached hydrogen (secondary N) is 1. The normalized spacial score (nSPS) is 18.0. The monoisotopic (exact) mass is 319 g/mol. The molecule has 3 N–H and O–H groups in total. The summed E-state index contributed by atoms with van der Waals surface area (Å²) in [5.74, 6) is 0.497. The van der Waals surface area contributed by atoms with Gasteiger partial charge >= 0.3 is 0 Å². The van der Waals surface area contributed by atoms with E-state index < -0.39 is 0 Å². The second-order valence-electron chi connectivity index (χ2n) is 5.85. The smallest absolute Gasteiger partial charge is 0.188 e. The zero-order chi connectivity index (χ0) is 16.5. The summed E-state index contributed by atoms with van der Waals surface area (Å²) in [6.07, 6.45) is 0. The summed E-state index contributed by atoms with van der Waals surface area (Å²) in [4.78, 5) is 9.34. The number of benzene rings is 1. The number of methoxy groups -OCH3 is 1. The van der Waals surface area contributed by atoms with Crippen LogP contribution in [0.4, 0.5) is 5.69 Å². The van der Waals surface area contributed by atoms with Crippen molar-refractivity contribution in [3.63, 3.8) is 0 Å². The zero-order valence-corrected chi connectivity index (χ0v) is 14.2. The predicted octanol–water partition coefficient (Wildman–Crippen LogP) is 0.748. The predicted molar refractivity (Wildman–Crippen MR) is 96.1 cm³/mol. The number of para-hydroxylation sites is 1. The lowest BCUT2D eigenvalue weighted by Gasteiger charge is -2.38. The largest absolute Gasteiger partial charge is 0.383 e. The molecule has 0 radical (unpaired) electrons. The number of piperazine rings is 1. The molecule has 1 aliphatic rings. The average molecular weight is 319 g/mol. The number of nitrogens with two attached hydrogens (primary N) is 1. The molecule has 0 aliphatic carbocycles. The molecule has 1 aromatic carbocycles. The summed E-state index contributed by atoms with van der Waals surface area (Å²) in [6.45, 7) is 8.48. The quantitative estimate of drug-likeness (QED) is 0.441.